The van der Waals surface area contributed by atoms with Crippen molar-refractivity contribution in [2.75, 3.05) is 7.05 Å². The summed E-state index contributed by atoms with van der Waals surface area (Å²) < 4.78 is 1.54. The molecule has 1 aromatic rings. The third-order valence-electron chi connectivity index (χ3n) is 2.42. The fraction of sp³-hybridized carbons (Fsp3) is 0.600. The van der Waals surface area contributed by atoms with Gasteiger partial charge < -0.3 is 11.1 Å². The van der Waals surface area contributed by atoms with Crippen LogP contribution in [0.4, 0.5) is 4.79 Å². The van der Waals surface area contributed by atoms with Crippen LogP contribution in [0.3, 0.4) is 0 Å². The Balaban J connectivity index is 2.41. The summed E-state index contributed by atoms with van der Waals surface area (Å²) in [5.74, 6) is -0.369. The number of nitrogens with one attached hydrogen (secondary N) is 2. The van der Waals surface area contributed by atoms with E-state index in [1.165, 1.54) is 11.7 Å². The number of urea groups is 1. The summed E-state index contributed by atoms with van der Waals surface area (Å²) in [7, 11) is 1.44. The summed E-state index contributed by atoms with van der Waals surface area (Å²) in [6.07, 6.45) is 2.63. The maximum atomic E-state index is 11.3. The van der Waals surface area contributed by atoms with Gasteiger partial charge in [0.25, 0.3) is 0 Å². The van der Waals surface area contributed by atoms with E-state index >= 15 is 0 Å². The number of rotatable bonds is 5. The van der Waals surface area contributed by atoms with Crippen LogP contribution in [-0.4, -0.2) is 34.0 Å². The fourth-order valence-electron chi connectivity index (χ4n) is 1.27. The van der Waals surface area contributed by atoms with Gasteiger partial charge in [0, 0.05) is 13.5 Å². The number of hydrogen-bond donors (Lipinski definition) is 3. The summed E-state index contributed by atoms with van der Waals surface area (Å²) in [5, 5.41) is 12.2. The van der Waals surface area contributed by atoms with Crippen LogP contribution in [0, 0.1) is 0 Å². The molecule has 0 aliphatic carbocycles. The van der Waals surface area contributed by atoms with Crippen molar-refractivity contribution in [1.29, 1.82) is 0 Å². The Labute approximate surface area is 105 Å². The molecule has 0 aliphatic rings. The quantitative estimate of drug-likeness (QED) is 0.657. The van der Waals surface area contributed by atoms with Crippen molar-refractivity contribution < 1.29 is 9.59 Å². The maximum Gasteiger partial charge on any atom is 0.321 e. The number of carbonyl (C=O) groups is 2. The monoisotopic (exact) mass is 254 g/mol. The Morgan fingerprint density at radius 2 is 2.28 bits per heavy atom. The van der Waals surface area contributed by atoms with E-state index in [4.69, 9.17) is 5.73 Å². The van der Waals surface area contributed by atoms with Gasteiger partial charge in [0.2, 0.25) is 5.91 Å². The lowest BCUT2D eigenvalue weighted by Gasteiger charge is -2.03. The predicted molar refractivity (Wildman–Crippen MR) is 64.5 cm³/mol. The third-order valence-corrected chi connectivity index (χ3v) is 2.42. The van der Waals surface area contributed by atoms with Gasteiger partial charge in [0.05, 0.1) is 24.5 Å². The zero-order valence-electron chi connectivity index (χ0n) is 10.5. The van der Waals surface area contributed by atoms with Crippen molar-refractivity contribution in [3.8, 4) is 0 Å². The number of aromatic nitrogens is 3. The van der Waals surface area contributed by atoms with E-state index in [1.807, 2.05) is 6.92 Å². The molecular formula is C10H18N6O2. The first-order valence-electron chi connectivity index (χ1n) is 5.74. The average molecular weight is 254 g/mol. The van der Waals surface area contributed by atoms with E-state index in [2.05, 4.69) is 20.9 Å². The molecule has 0 saturated heterocycles. The van der Waals surface area contributed by atoms with E-state index in [1.54, 1.807) is 6.20 Å². The molecular weight excluding hydrogens is 236 g/mol. The lowest BCUT2D eigenvalue weighted by molar-refractivity contribution is -0.120. The molecule has 1 unspecified atom stereocenters. The largest absolute Gasteiger partial charge is 0.341 e. The highest BCUT2D eigenvalue weighted by Gasteiger charge is 2.10. The van der Waals surface area contributed by atoms with Crippen LogP contribution in [0.5, 0.6) is 0 Å². The van der Waals surface area contributed by atoms with Gasteiger partial charge in [0.15, 0.2) is 0 Å². The smallest absolute Gasteiger partial charge is 0.321 e. The van der Waals surface area contributed by atoms with Crippen LogP contribution < -0.4 is 16.4 Å². The Bertz CT molecular complexity index is 416. The van der Waals surface area contributed by atoms with Crippen molar-refractivity contribution in [3.63, 3.8) is 0 Å². The second-order valence-corrected chi connectivity index (χ2v) is 3.80. The molecule has 100 valence electrons. The van der Waals surface area contributed by atoms with Gasteiger partial charge in [-0.3, -0.25) is 14.8 Å². The summed E-state index contributed by atoms with van der Waals surface area (Å²) in [6.45, 7) is 2.31. The first kappa shape index (κ1) is 14.1. The van der Waals surface area contributed by atoms with E-state index in [9.17, 15) is 9.59 Å². The Kier molecular flexibility index (Phi) is 5.25. The summed E-state index contributed by atoms with van der Waals surface area (Å²) in [5.41, 5.74) is 6.50. The number of nitrogens with zero attached hydrogens (tertiary/aromatic N) is 3. The minimum Gasteiger partial charge on any atom is -0.341 e. The molecule has 4 N–H and O–H groups in total. The topological polar surface area (TPSA) is 115 Å². The lowest BCUT2D eigenvalue weighted by Crippen LogP contribution is -2.37. The summed E-state index contributed by atoms with van der Waals surface area (Å²) in [6, 6.07) is -0.661. The van der Waals surface area contributed by atoms with Crippen molar-refractivity contribution in [2.45, 2.75) is 32.4 Å². The number of aryl methyl sites for hydroxylation is 1. The number of amides is 3. The molecule has 0 fully saturated rings. The van der Waals surface area contributed by atoms with Crippen molar-refractivity contribution in [3.05, 3.63) is 11.9 Å². The molecule has 3 amide bonds. The lowest BCUT2D eigenvalue weighted by atomic mass is 10.2. The van der Waals surface area contributed by atoms with Crippen LogP contribution in [0.25, 0.3) is 0 Å². The molecule has 0 saturated carbocycles. The molecule has 8 heteroatoms. The van der Waals surface area contributed by atoms with E-state index in [0.717, 1.165) is 6.42 Å². The van der Waals surface area contributed by atoms with Gasteiger partial charge in [-0.2, -0.15) is 0 Å². The standard InChI is InChI=1S/C10H18N6O2/c1-3-7(11)8-6-16(15-14-8)5-4-9(17)13-10(18)12-2/h6-7H,3-5,11H2,1-2H3,(H2,12,13,17,18). The predicted octanol–water partition coefficient (Wildman–Crippen LogP) is -0.466. The van der Waals surface area contributed by atoms with Gasteiger partial charge in [-0.25, -0.2) is 4.79 Å². The molecule has 0 aliphatic heterocycles. The molecule has 1 atom stereocenters. The molecule has 1 heterocycles. The van der Waals surface area contributed by atoms with Gasteiger partial charge in [-0.05, 0) is 6.42 Å². The SMILES string of the molecule is CCC(N)c1cn(CCC(=O)NC(=O)NC)nn1. The minimum absolute atomic E-state index is 0.140. The summed E-state index contributed by atoms with van der Waals surface area (Å²) >= 11 is 0. The Hall–Kier alpha value is -1.96. The van der Waals surface area contributed by atoms with Gasteiger partial charge in [-0.1, -0.05) is 12.1 Å². The molecule has 8 nitrogen and oxygen atoms in total. The highest BCUT2D eigenvalue weighted by Crippen LogP contribution is 2.08. The number of nitrogens with two attached hydrogens (primary N) is 1. The van der Waals surface area contributed by atoms with Gasteiger partial charge in [0.1, 0.15) is 0 Å². The fourth-order valence-corrected chi connectivity index (χ4v) is 1.27. The molecule has 0 spiro atoms. The van der Waals surface area contributed by atoms with E-state index < -0.39 is 6.03 Å². The zero-order valence-corrected chi connectivity index (χ0v) is 10.5. The maximum absolute atomic E-state index is 11.3. The van der Waals surface area contributed by atoms with Crippen molar-refractivity contribution in [2.24, 2.45) is 5.73 Å². The first-order chi connectivity index (χ1) is 8.56. The van der Waals surface area contributed by atoms with Crippen LogP contribution in [0.1, 0.15) is 31.5 Å². The molecule has 1 aromatic heterocycles. The van der Waals surface area contributed by atoms with Crippen molar-refractivity contribution in [1.82, 2.24) is 25.6 Å². The molecule has 0 bridgehead atoms. The third kappa shape index (κ3) is 4.13. The number of imide groups is 1. The summed E-state index contributed by atoms with van der Waals surface area (Å²) in [4.78, 5) is 22.2. The van der Waals surface area contributed by atoms with E-state index in [-0.39, 0.29) is 18.4 Å². The second-order valence-electron chi connectivity index (χ2n) is 3.80. The highest BCUT2D eigenvalue weighted by molar-refractivity contribution is 5.94. The van der Waals surface area contributed by atoms with E-state index in [0.29, 0.717) is 12.2 Å². The highest BCUT2D eigenvalue weighted by atomic mass is 16.2. The van der Waals surface area contributed by atoms with Crippen molar-refractivity contribution >= 4 is 11.9 Å². The number of carbonyl (C=O) groups excluding carboxylic acids is 2. The van der Waals surface area contributed by atoms with Crippen LogP contribution >= 0.6 is 0 Å². The Morgan fingerprint density at radius 3 is 2.89 bits per heavy atom. The van der Waals surface area contributed by atoms with Gasteiger partial charge >= 0.3 is 6.03 Å². The van der Waals surface area contributed by atoms with Crippen LogP contribution in [-0.2, 0) is 11.3 Å². The number of hydrogen-bond acceptors (Lipinski definition) is 5. The molecule has 0 radical (unpaired) electrons. The zero-order chi connectivity index (χ0) is 13.5. The van der Waals surface area contributed by atoms with Crippen LogP contribution in [0.2, 0.25) is 0 Å². The minimum atomic E-state index is -0.521. The Morgan fingerprint density at radius 1 is 1.56 bits per heavy atom. The molecule has 18 heavy (non-hydrogen) atoms. The average Bonchev–Trinajstić information content (AvgIpc) is 2.84. The van der Waals surface area contributed by atoms with Gasteiger partial charge in [-0.15, -0.1) is 5.10 Å². The second kappa shape index (κ2) is 6.70. The molecule has 1 rings (SSSR count). The van der Waals surface area contributed by atoms with Crippen LogP contribution in [0.15, 0.2) is 6.20 Å². The first-order valence-corrected chi connectivity index (χ1v) is 5.74. The molecule has 0 aromatic carbocycles. The normalized spacial score (nSPS) is 11.9.